The van der Waals surface area contributed by atoms with Gasteiger partial charge in [-0.25, -0.2) is 0 Å². The Labute approximate surface area is 130 Å². The van der Waals surface area contributed by atoms with Crippen LogP contribution in [-0.4, -0.2) is 44.2 Å². The molecule has 0 saturated carbocycles. The molecular formula is C18H31N3. The zero-order valence-corrected chi connectivity index (χ0v) is 14.2. The van der Waals surface area contributed by atoms with Crippen LogP contribution >= 0.6 is 0 Å². The second-order valence-electron chi connectivity index (χ2n) is 6.18. The molecule has 1 N–H and O–H groups in total. The van der Waals surface area contributed by atoms with Crippen molar-refractivity contribution in [2.24, 2.45) is 0 Å². The van der Waals surface area contributed by atoms with E-state index < -0.39 is 0 Å². The molecule has 118 valence electrons. The molecule has 0 radical (unpaired) electrons. The van der Waals surface area contributed by atoms with Crippen molar-refractivity contribution in [1.29, 1.82) is 0 Å². The molecule has 0 aromatic heterocycles. The molecule has 0 atom stereocenters. The Morgan fingerprint density at radius 3 is 2.52 bits per heavy atom. The predicted molar refractivity (Wildman–Crippen MR) is 92.1 cm³/mol. The van der Waals surface area contributed by atoms with Crippen molar-refractivity contribution in [2.75, 3.05) is 38.1 Å². The Morgan fingerprint density at radius 1 is 1.24 bits per heavy atom. The van der Waals surface area contributed by atoms with Crippen molar-refractivity contribution in [3.05, 3.63) is 29.3 Å². The number of anilines is 1. The fourth-order valence-corrected chi connectivity index (χ4v) is 3.31. The van der Waals surface area contributed by atoms with Crippen LogP contribution in [0.25, 0.3) is 0 Å². The van der Waals surface area contributed by atoms with Crippen LogP contribution in [0.5, 0.6) is 0 Å². The van der Waals surface area contributed by atoms with E-state index in [-0.39, 0.29) is 0 Å². The van der Waals surface area contributed by atoms with E-state index in [9.17, 15) is 0 Å². The van der Waals surface area contributed by atoms with E-state index in [1.165, 1.54) is 49.3 Å². The van der Waals surface area contributed by atoms with Crippen molar-refractivity contribution < 1.29 is 0 Å². The summed E-state index contributed by atoms with van der Waals surface area (Å²) in [5.74, 6) is 0. The van der Waals surface area contributed by atoms with Crippen molar-refractivity contribution in [3.8, 4) is 0 Å². The van der Waals surface area contributed by atoms with Crippen LogP contribution in [0.2, 0.25) is 0 Å². The molecule has 1 aliphatic rings. The molecule has 0 bridgehead atoms. The van der Waals surface area contributed by atoms with E-state index >= 15 is 0 Å². The number of aryl methyl sites for hydroxylation is 1. The highest BCUT2D eigenvalue weighted by Gasteiger charge is 2.22. The van der Waals surface area contributed by atoms with Gasteiger partial charge in [-0.15, -0.1) is 0 Å². The summed E-state index contributed by atoms with van der Waals surface area (Å²) in [6.07, 6.45) is 2.56. The van der Waals surface area contributed by atoms with Gasteiger partial charge < -0.3 is 15.1 Å². The van der Waals surface area contributed by atoms with Crippen LogP contribution in [0, 0.1) is 6.92 Å². The van der Waals surface area contributed by atoms with Gasteiger partial charge in [-0.05, 0) is 50.0 Å². The third-order valence-electron chi connectivity index (χ3n) is 4.77. The summed E-state index contributed by atoms with van der Waals surface area (Å²) in [5, 5.41) is 3.40. The van der Waals surface area contributed by atoms with Crippen molar-refractivity contribution in [1.82, 2.24) is 10.2 Å². The molecule has 1 fully saturated rings. The van der Waals surface area contributed by atoms with Crippen molar-refractivity contribution in [3.63, 3.8) is 0 Å². The predicted octanol–water partition coefficient (Wildman–Crippen LogP) is 3.03. The van der Waals surface area contributed by atoms with Crippen LogP contribution in [0.3, 0.4) is 0 Å². The maximum atomic E-state index is 3.40. The lowest BCUT2D eigenvalue weighted by molar-refractivity contribution is 0.221. The highest BCUT2D eigenvalue weighted by molar-refractivity contribution is 5.54. The Balaban J connectivity index is 2.00. The van der Waals surface area contributed by atoms with Gasteiger partial charge in [-0.3, -0.25) is 0 Å². The van der Waals surface area contributed by atoms with E-state index in [4.69, 9.17) is 0 Å². The maximum Gasteiger partial charge on any atom is 0.0396 e. The number of nitrogens with one attached hydrogen (secondary N) is 1. The van der Waals surface area contributed by atoms with E-state index in [1.807, 2.05) is 0 Å². The summed E-state index contributed by atoms with van der Waals surface area (Å²) >= 11 is 0. The molecule has 1 saturated heterocycles. The number of piperidine rings is 1. The maximum absolute atomic E-state index is 3.40. The quantitative estimate of drug-likeness (QED) is 0.868. The first-order chi connectivity index (χ1) is 10.2. The minimum atomic E-state index is 0.686. The normalized spacial score (nSPS) is 17.1. The zero-order valence-electron chi connectivity index (χ0n) is 14.2. The molecule has 1 aromatic rings. The SMILES string of the molecule is CCNCc1ccc(N(C)C2CCN(CC)CC2)c(C)c1. The Hall–Kier alpha value is -1.06. The summed E-state index contributed by atoms with van der Waals surface area (Å²) in [5.41, 5.74) is 4.17. The number of likely N-dealkylation sites (tertiary alicyclic amines) is 1. The average Bonchev–Trinajstić information content (AvgIpc) is 2.52. The van der Waals surface area contributed by atoms with Gasteiger partial charge in [0.05, 0.1) is 0 Å². The standard InChI is InChI=1S/C18H31N3/c1-5-19-14-16-7-8-18(15(3)13-16)20(4)17-9-11-21(6-2)12-10-17/h7-8,13,17,19H,5-6,9-12,14H2,1-4H3. The molecule has 0 spiro atoms. The van der Waals surface area contributed by atoms with Gasteiger partial charge in [0.1, 0.15) is 0 Å². The molecule has 21 heavy (non-hydrogen) atoms. The van der Waals surface area contributed by atoms with E-state index in [0.29, 0.717) is 6.04 Å². The average molecular weight is 289 g/mol. The second kappa shape index (κ2) is 7.81. The first kappa shape index (κ1) is 16.3. The van der Waals surface area contributed by atoms with Gasteiger partial charge in [0, 0.05) is 38.4 Å². The fourth-order valence-electron chi connectivity index (χ4n) is 3.31. The first-order valence-corrected chi connectivity index (χ1v) is 8.41. The molecule has 3 nitrogen and oxygen atoms in total. The van der Waals surface area contributed by atoms with Crippen LogP contribution < -0.4 is 10.2 Å². The summed E-state index contributed by atoms with van der Waals surface area (Å²) in [6, 6.07) is 7.58. The highest BCUT2D eigenvalue weighted by Crippen LogP contribution is 2.26. The topological polar surface area (TPSA) is 18.5 Å². The smallest absolute Gasteiger partial charge is 0.0396 e. The molecule has 2 rings (SSSR count). The third kappa shape index (κ3) is 4.21. The van der Waals surface area contributed by atoms with Gasteiger partial charge in [0.2, 0.25) is 0 Å². The number of hydrogen-bond acceptors (Lipinski definition) is 3. The number of rotatable bonds is 6. The van der Waals surface area contributed by atoms with Crippen molar-refractivity contribution >= 4 is 5.69 Å². The zero-order chi connectivity index (χ0) is 15.2. The van der Waals surface area contributed by atoms with Crippen LogP contribution in [0.15, 0.2) is 18.2 Å². The second-order valence-corrected chi connectivity index (χ2v) is 6.18. The van der Waals surface area contributed by atoms with Crippen molar-refractivity contribution in [2.45, 2.75) is 46.2 Å². The van der Waals surface area contributed by atoms with Crippen LogP contribution in [0.4, 0.5) is 5.69 Å². The largest absolute Gasteiger partial charge is 0.371 e. The lowest BCUT2D eigenvalue weighted by Gasteiger charge is -2.38. The molecule has 3 heteroatoms. The summed E-state index contributed by atoms with van der Waals surface area (Å²) in [7, 11) is 2.26. The minimum Gasteiger partial charge on any atom is -0.371 e. The van der Waals surface area contributed by atoms with Gasteiger partial charge in [0.15, 0.2) is 0 Å². The van der Waals surface area contributed by atoms with Gasteiger partial charge >= 0.3 is 0 Å². The molecular weight excluding hydrogens is 258 g/mol. The first-order valence-electron chi connectivity index (χ1n) is 8.41. The van der Waals surface area contributed by atoms with E-state index in [0.717, 1.165) is 13.1 Å². The monoisotopic (exact) mass is 289 g/mol. The molecule has 1 heterocycles. The lowest BCUT2D eigenvalue weighted by atomic mass is 10.0. The van der Waals surface area contributed by atoms with Gasteiger partial charge in [-0.1, -0.05) is 26.0 Å². The Bertz CT molecular complexity index is 436. The Morgan fingerprint density at radius 2 is 1.95 bits per heavy atom. The van der Waals surface area contributed by atoms with Crippen LogP contribution in [0.1, 0.15) is 37.8 Å². The van der Waals surface area contributed by atoms with E-state index in [1.54, 1.807) is 0 Å². The molecule has 1 aromatic carbocycles. The van der Waals surface area contributed by atoms with Gasteiger partial charge in [0.25, 0.3) is 0 Å². The Kier molecular flexibility index (Phi) is 6.07. The third-order valence-corrected chi connectivity index (χ3v) is 4.77. The lowest BCUT2D eigenvalue weighted by Crippen LogP contribution is -2.43. The van der Waals surface area contributed by atoms with Crippen LogP contribution in [-0.2, 0) is 6.54 Å². The summed E-state index contributed by atoms with van der Waals surface area (Å²) < 4.78 is 0. The molecule has 1 aliphatic heterocycles. The minimum absolute atomic E-state index is 0.686. The summed E-state index contributed by atoms with van der Waals surface area (Å²) in [6.45, 7) is 12.3. The molecule has 0 unspecified atom stereocenters. The van der Waals surface area contributed by atoms with E-state index in [2.05, 4.69) is 61.1 Å². The van der Waals surface area contributed by atoms with Gasteiger partial charge in [-0.2, -0.15) is 0 Å². The number of hydrogen-bond donors (Lipinski definition) is 1. The number of benzene rings is 1. The number of nitrogens with zero attached hydrogens (tertiary/aromatic N) is 2. The fraction of sp³-hybridized carbons (Fsp3) is 0.667. The highest BCUT2D eigenvalue weighted by atomic mass is 15.2. The molecule has 0 aliphatic carbocycles. The molecule has 0 amide bonds. The summed E-state index contributed by atoms with van der Waals surface area (Å²) in [4.78, 5) is 5.05.